The molecule has 0 radical (unpaired) electrons. The van der Waals surface area contributed by atoms with Crippen molar-refractivity contribution in [3.05, 3.63) is 126 Å². The number of aryl methyl sites for hydroxylation is 1. The van der Waals surface area contributed by atoms with Crippen LogP contribution in [-0.2, 0) is 0 Å². The van der Waals surface area contributed by atoms with Crippen LogP contribution in [0.15, 0.2) is 104 Å². The third kappa shape index (κ3) is 5.59. The lowest BCUT2D eigenvalue weighted by molar-refractivity contribution is 0.766. The van der Waals surface area contributed by atoms with Gasteiger partial charge in [0.25, 0.3) is 0 Å². The van der Waals surface area contributed by atoms with Crippen molar-refractivity contribution in [3.63, 3.8) is 0 Å². The summed E-state index contributed by atoms with van der Waals surface area (Å²) in [5.41, 5.74) is 14.2. The first-order valence-corrected chi connectivity index (χ1v) is 10.4. The van der Waals surface area contributed by atoms with Crippen LogP contribution in [0.5, 0.6) is 0 Å². The topological polar surface area (TPSA) is 38.0 Å². The van der Waals surface area contributed by atoms with Crippen LogP contribution in [0, 0.1) is 6.92 Å². The Hall–Kier alpha value is -3.36. The SMILES string of the molecule is C=C(/C=C(/c1ccccc1)C(N)N/C(=C\CC)c1cccc(C)c1)c1ccccc1. The number of hydrogen-bond acceptors (Lipinski definition) is 2. The molecule has 3 rings (SSSR count). The van der Waals surface area contributed by atoms with E-state index in [1.807, 2.05) is 36.4 Å². The standard InChI is InChI=1S/C28H30N2/c1-4-12-27(25-18-11-13-21(2)19-25)30-28(29)26(24-16-9-6-10-17-24)20-22(3)23-14-7-5-8-15-23/h5-20,28,30H,3-4,29H2,1-2H3/b26-20-,27-12-. The van der Waals surface area contributed by atoms with Gasteiger partial charge in [0, 0.05) is 5.70 Å². The normalized spacial score (nSPS) is 13.0. The molecule has 0 aliphatic heterocycles. The predicted molar refractivity (Wildman–Crippen MR) is 130 cm³/mol. The molecule has 1 unspecified atom stereocenters. The fraction of sp³-hybridized carbons (Fsp3) is 0.143. The zero-order valence-electron chi connectivity index (χ0n) is 17.8. The van der Waals surface area contributed by atoms with Crippen molar-refractivity contribution < 1.29 is 0 Å². The van der Waals surface area contributed by atoms with Gasteiger partial charge in [-0.15, -0.1) is 0 Å². The molecule has 0 saturated heterocycles. The maximum absolute atomic E-state index is 6.72. The van der Waals surface area contributed by atoms with Gasteiger partial charge >= 0.3 is 0 Å². The molecular weight excluding hydrogens is 364 g/mol. The van der Waals surface area contributed by atoms with E-state index in [4.69, 9.17) is 5.73 Å². The molecular formula is C28H30N2. The minimum Gasteiger partial charge on any atom is -0.366 e. The lowest BCUT2D eigenvalue weighted by Gasteiger charge is -2.22. The lowest BCUT2D eigenvalue weighted by atomic mass is 9.97. The molecule has 0 heterocycles. The smallest absolute Gasteiger partial charge is 0.101 e. The van der Waals surface area contributed by atoms with Gasteiger partial charge in [-0.25, -0.2) is 0 Å². The second-order valence-electron chi connectivity index (χ2n) is 7.37. The molecule has 3 aromatic rings. The monoisotopic (exact) mass is 394 g/mol. The van der Waals surface area contributed by atoms with Gasteiger partial charge in [0.2, 0.25) is 0 Å². The van der Waals surface area contributed by atoms with Crippen molar-refractivity contribution in [2.24, 2.45) is 5.73 Å². The van der Waals surface area contributed by atoms with Gasteiger partial charge in [0.15, 0.2) is 0 Å². The Kier molecular flexibility index (Phi) is 7.42. The Balaban J connectivity index is 1.95. The van der Waals surface area contributed by atoms with E-state index >= 15 is 0 Å². The van der Waals surface area contributed by atoms with Crippen LogP contribution in [-0.4, -0.2) is 6.17 Å². The molecule has 0 saturated carbocycles. The first-order valence-electron chi connectivity index (χ1n) is 10.4. The van der Waals surface area contributed by atoms with E-state index < -0.39 is 0 Å². The second kappa shape index (κ2) is 10.4. The number of nitrogens with one attached hydrogen (secondary N) is 1. The highest BCUT2D eigenvalue weighted by Crippen LogP contribution is 2.24. The molecule has 0 amide bonds. The largest absolute Gasteiger partial charge is 0.366 e. The summed E-state index contributed by atoms with van der Waals surface area (Å²) in [4.78, 5) is 0. The third-order valence-corrected chi connectivity index (χ3v) is 4.96. The van der Waals surface area contributed by atoms with Crippen LogP contribution < -0.4 is 11.1 Å². The molecule has 0 bridgehead atoms. The van der Waals surface area contributed by atoms with Crippen LogP contribution >= 0.6 is 0 Å². The Morgan fingerprint density at radius 3 is 2.10 bits per heavy atom. The van der Waals surface area contributed by atoms with Crippen molar-refractivity contribution >= 4 is 16.8 Å². The molecule has 3 N–H and O–H groups in total. The number of benzene rings is 3. The summed E-state index contributed by atoms with van der Waals surface area (Å²) < 4.78 is 0. The fourth-order valence-corrected chi connectivity index (χ4v) is 3.43. The second-order valence-corrected chi connectivity index (χ2v) is 7.37. The molecule has 3 aromatic carbocycles. The molecule has 0 aromatic heterocycles. The number of rotatable bonds is 8. The Morgan fingerprint density at radius 2 is 1.50 bits per heavy atom. The van der Waals surface area contributed by atoms with Gasteiger partial charge in [0.1, 0.15) is 6.17 Å². The predicted octanol–water partition coefficient (Wildman–Crippen LogP) is 6.42. The number of nitrogens with two attached hydrogens (primary N) is 1. The molecule has 0 fully saturated rings. The zero-order chi connectivity index (χ0) is 21.3. The first kappa shape index (κ1) is 21.4. The molecule has 0 spiro atoms. The van der Waals surface area contributed by atoms with Gasteiger partial charge in [-0.3, -0.25) is 0 Å². The molecule has 2 nitrogen and oxygen atoms in total. The molecule has 0 aliphatic rings. The van der Waals surface area contributed by atoms with Crippen molar-refractivity contribution in [2.45, 2.75) is 26.4 Å². The first-order chi connectivity index (χ1) is 14.6. The van der Waals surface area contributed by atoms with Crippen LogP contribution in [0.4, 0.5) is 0 Å². The summed E-state index contributed by atoms with van der Waals surface area (Å²) in [7, 11) is 0. The Bertz CT molecular complexity index is 1030. The van der Waals surface area contributed by atoms with Crippen LogP contribution in [0.1, 0.15) is 35.6 Å². The Labute approximate surface area is 180 Å². The van der Waals surface area contributed by atoms with Gasteiger partial charge in [-0.1, -0.05) is 104 Å². The molecule has 2 heteroatoms. The highest BCUT2D eigenvalue weighted by Gasteiger charge is 2.14. The quantitative estimate of drug-likeness (QED) is 0.342. The minimum atomic E-state index is -0.383. The summed E-state index contributed by atoms with van der Waals surface area (Å²) in [5, 5.41) is 3.55. The van der Waals surface area contributed by atoms with Gasteiger partial charge in [-0.2, -0.15) is 0 Å². The van der Waals surface area contributed by atoms with Gasteiger partial charge in [-0.05, 0) is 53.3 Å². The van der Waals surface area contributed by atoms with E-state index in [9.17, 15) is 0 Å². The Morgan fingerprint density at radius 1 is 0.900 bits per heavy atom. The third-order valence-electron chi connectivity index (χ3n) is 4.96. The van der Waals surface area contributed by atoms with Crippen molar-refractivity contribution in [1.29, 1.82) is 0 Å². The maximum atomic E-state index is 6.72. The summed E-state index contributed by atoms with van der Waals surface area (Å²) in [5.74, 6) is 0. The molecule has 152 valence electrons. The summed E-state index contributed by atoms with van der Waals surface area (Å²) in [6.07, 6.45) is 4.81. The zero-order valence-corrected chi connectivity index (χ0v) is 17.8. The highest BCUT2D eigenvalue weighted by atomic mass is 15.0. The van der Waals surface area contributed by atoms with Crippen LogP contribution in [0.3, 0.4) is 0 Å². The van der Waals surface area contributed by atoms with E-state index in [1.54, 1.807) is 0 Å². The molecule has 1 atom stereocenters. The number of hydrogen-bond donors (Lipinski definition) is 2. The maximum Gasteiger partial charge on any atom is 0.101 e. The van der Waals surface area contributed by atoms with E-state index in [1.165, 1.54) is 5.56 Å². The summed E-state index contributed by atoms with van der Waals surface area (Å²) in [6.45, 7) is 8.52. The summed E-state index contributed by atoms with van der Waals surface area (Å²) in [6, 6.07) is 28.9. The van der Waals surface area contributed by atoms with E-state index in [0.717, 1.165) is 40.0 Å². The van der Waals surface area contributed by atoms with E-state index in [0.29, 0.717) is 0 Å². The van der Waals surface area contributed by atoms with Crippen molar-refractivity contribution in [1.82, 2.24) is 5.32 Å². The van der Waals surface area contributed by atoms with Crippen molar-refractivity contribution in [3.8, 4) is 0 Å². The fourth-order valence-electron chi connectivity index (χ4n) is 3.43. The van der Waals surface area contributed by atoms with Gasteiger partial charge < -0.3 is 11.1 Å². The average Bonchev–Trinajstić information content (AvgIpc) is 2.78. The van der Waals surface area contributed by atoms with E-state index in [-0.39, 0.29) is 6.17 Å². The van der Waals surface area contributed by atoms with Crippen LogP contribution in [0.2, 0.25) is 0 Å². The van der Waals surface area contributed by atoms with Crippen molar-refractivity contribution in [2.75, 3.05) is 0 Å². The van der Waals surface area contributed by atoms with E-state index in [2.05, 4.69) is 86.4 Å². The molecule has 0 aliphatic carbocycles. The average molecular weight is 395 g/mol. The lowest BCUT2D eigenvalue weighted by Crippen LogP contribution is -2.37. The minimum absolute atomic E-state index is 0.383. The van der Waals surface area contributed by atoms with Gasteiger partial charge in [0.05, 0.1) is 0 Å². The highest BCUT2D eigenvalue weighted by molar-refractivity contribution is 5.85. The molecule has 30 heavy (non-hydrogen) atoms. The van der Waals surface area contributed by atoms with Crippen LogP contribution in [0.25, 0.3) is 16.8 Å². The summed E-state index contributed by atoms with van der Waals surface area (Å²) >= 11 is 0. The number of allylic oxidation sites excluding steroid dienone is 3.